The molecule has 1 aliphatic carbocycles. The van der Waals surface area contributed by atoms with Crippen LogP contribution in [0.4, 0.5) is 24.5 Å². The first-order chi connectivity index (χ1) is 21.8. The second-order valence-electron chi connectivity index (χ2n) is 11.6. The standard InChI is InChI=1S/C26H26F3N5O3.C5H7NO3/c1-12-10-34(11-17(30)25(12)36)24-13-5-8-20(35)22(13)31-9-19(24)33-26(37)18-7-6-16(29)23(32-18)21-14(27)3-2-4-15(21)28;7-4-2-1-3(6-4)5(8)9/h2-4,6-7,9,12,17,20,25,35-36H,5,8,10-11,30H2,1H3,(H,33,37);3H,1-2H2,(H,6,7)(H,8,9)/t12-,17+,20+,25+;3-/m00/s1. The number of rotatable bonds is 5. The Bertz CT molecular complexity index is 1640. The number of pyridine rings is 2. The summed E-state index contributed by atoms with van der Waals surface area (Å²) in [5.74, 6) is -5.00. The molecule has 46 heavy (non-hydrogen) atoms. The smallest absolute Gasteiger partial charge is 0.326 e. The van der Waals surface area contributed by atoms with Crippen LogP contribution in [0, 0.1) is 23.4 Å². The summed E-state index contributed by atoms with van der Waals surface area (Å²) in [6, 6.07) is 3.97. The molecule has 12 nitrogen and oxygen atoms in total. The van der Waals surface area contributed by atoms with Gasteiger partial charge in [0.1, 0.15) is 34.9 Å². The molecule has 2 aromatic heterocycles. The average Bonchev–Trinajstić information content (AvgIpc) is 3.62. The average molecular weight is 643 g/mol. The molecule has 2 aliphatic heterocycles. The zero-order valence-corrected chi connectivity index (χ0v) is 24.7. The van der Waals surface area contributed by atoms with E-state index in [2.05, 4.69) is 20.6 Å². The van der Waals surface area contributed by atoms with Gasteiger partial charge in [0.2, 0.25) is 5.91 Å². The molecule has 4 heterocycles. The lowest BCUT2D eigenvalue weighted by Gasteiger charge is -2.41. The quantitative estimate of drug-likeness (QED) is 0.241. The Morgan fingerprint density at radius 3 is 2.37 bits per heavy atom. The Hall–Kier alpha value is -4.60. The van der Waals surface area contributed by atoms with E-state index in [1.807, 2.05) is 11.8 Å². The molecule has 5 atom stereocenters. The Morgan fingerprint density at radius 1 is 1.04 bits per heavy atom. The van der Waals surface area contributed by atoms with Crippen molar-refractivity contribution in [2.75, 3.05) is 23.3 Å². The molecule has 0 unspecified atom stereocenters. The van der Waals surface area contributed by atoms with Crippen molar-refractivity contribution in [3.63, 3.8) is 0 Å². The molecular weight excluding hydrogens is 609 g/mol. The van der Waals surface area contributed by atoms with E-state index in [1.165, 1.54) is 6.20 Å². The van der Waals surface area contributed by atoms with Gasteiger partial charge in [0.25, 0.3) is 5.91 Å². The number of amides is 2. The number of halogens is 3. The van der Waals surface area contributed by atoms with E-state index in [-0.39, 0.29) is 17.5 Å². The van der Waals surface area contributed by atoms with Crippen LogP contribution < -0.4 is 21.3 Å². The normalized spacial score (nSPS) is 23.7. The maximum atomic E-state index is 14.5. The van der Waals surface area contributed by atoms with Gasteiger partial charge in [-0.3, -0.25) is 14.6 Å². The van der Waals surface area contributed by atoms with E-state index in [9.17, 15) is 37.8 Å². The fraction of sp³-hybridized carbons (Fsp3) is 0.387. The van der Waals surface area contributed by atoms with Crippen LogP contribution in [0.1, 0.15) is 54.0 Å². The predicted molar refractivity (Wildman–Crippen MR) is 159 cm³/mol. The number of nitrogens with zero attached hydrogens (tertiary/aromatic N) is 3. The van der Waals surface area contributed by atoms with E-state index in [1.54, 1.807) is 0 Å². The molecule has 0 saturated carbocycles. The third kappa shape index (κ3) is 6.66. The number of hydrogen-bond acceptors (Lipinski definition) is 9. The first-order valence-electron chi connectivity index (χ1n) is 14.7. The second kappa shape index (κ2) is 13.4. The van der Waals surface area contributed by atoms with Gasteiger partial charge in [-0.05, 0) is 43.5 Å². The summed E-state index contributed by atoms with van der Waals surface area (Å²) < 4.78 is 43.1. The summed E-state index contributed by atoms with van der Waals surface area (Å²) in [5, 5.41) is 34.1. The molecule has 0 bridgehead atoms. The maximum Gasteiger partial charge on any atom is 0.326 e. The van der Waals surface area contributed by atoms with E-state index in [4.69, 9.17) is 10.8 Å². The molecule has 244 valence electrons. The number of anilines is 2. The minimum atomic E-state index is -1.01. The highest BCUT2D eigenvalue weighted by atomic mass is 19.1. The first-order valence-corrected chi connectivity index (χ1v) is 14.7. The van der Waals surface area contributed by atoms with Crippen molar-refractivity contribution in [3.8, 4) is 11.3 Å². The number of carbonyl (C=O) groups is 3. The Balaban J connectivity index is 0.000000400. The van der Waals surface area contributed by atoms with Crippen LogP contribution in [-0.4, -0.2) is 74.3 Å². The maximum absolute atomic E-state index is 14.5. The number of carboxylic acids is 1. The number of aliphatic carboxylic acids is 1. The van der Waals surface area contributed by atoms with Crippen LogP contribution in [0.5, 0.6) is 0 Å². The zero-order valence-electron chi connectivity index (χ0n) is 24.7. The number of benzene rings is 1. The molecule has 2 fully saturated rings. The summed E-state index contributed by atoms with van der Waals surface area (Å²) in [4.78, 5) is 44.0. The van der Waals surface area contributed by atoms with Gasteiger partial charge in [-0.15, -0.1) is 0 Å². The van der Waals surface area contributed by atoms with Gasteiger partial charge >= 0.3 is 5.97 Å². The number of carbonyl (C=O) groups excluding carboxylic acids is 2. The highest BCUT2D eigenvalue weighted by Crippen LogP contribution is 2.41. The lowest BCUT2D eigenvalue weighted by atomic mass is 9.92. The molecule has 0 radical (unpaired) electrons. The van der Waals surface area contributed by atoms with Crippen molar-refractivity contribution in [1.82, 2.24) is 15.3 Å². The second-order valence-corrected chi connectivity index (χ2v) is 11.6. The number of carboxylic acid groups (broad SMARTS) is 1. The Kier molecular flexibility index (Phi) is 9.55. The van der Waals surface area contributed by atoms with Gasteiger partial charge in [-0.25, -0.2) is 22.9 Å². The summed E-state index contributed by atoms with van der Waals surface area (Å²) >= 11 is 0. The van der Waals surface area contributed by atoms with Crippen LogP contribution in [0.25, 0.3) is 11.3 Å². The van der Waals surface area contributed by atoms with E-state index in [0.29, 0.717) is 55.8 Å². The van der Waals surface area contributed by atoms with Crippen LogP contribution in [0.2, 0.25) is 0 Å². The molecule has 3 aromatic rings. The van der Waals surface area contributed by atoms with Crippen molar-refractivity contribution < 1.29 is 42.9 Å². The fourth-order valence-corrected chi connectivity index (χ4v) is 5.91. The van der Waals surface area contributed by atoms with Crippen LogP contribution in [0.3, 0.4) is 0 Å². The van der Waals surface area contributed by atoms with Gasteiger partial charge in [-0.1, -0.05) is 13.0 Å². The minimum absolute atomic E-state index is 0.153. The van der Waals surface area contributed by atoms with E-state index >= 15 is 0 Å². The minimum Gasteiger partial charge on any atom is -0.480 e. The summed E-state index contributed by atoms with van der Waals surface area (Å²) in [7, 11) is 0. The molecule has 1 aromatic carbocycles. The molecule has 2 amide bonds. The topological polar surface area (TPSA) is 191 Å². The highest BCUT2D eigenvalue weighted by Gasteiger charge is 2.36. The molecule has 2 saturated heterocycles. The van der Waals surface area contributed by atoms with E-state index in [0.717, 1.165) is 35.9 Å². The van der Waals surface area contributed by atoms with Crippen LogP contribution >= 0.6 is 0 Å². The van der Waals surface area contributed by atoms with Crippen molar-refractivity contribution in [2.45, 2.75) is 56.9 Å². The predicted octanol–water partition coefficient (Wildman–Crippen LogP) is 2.29. The zero-order chi connectivity index (χ0) is 33.3. The summed E-state index contributed by atoms with van der Waals surface area (Å²) in [6.07, 6.45) is 1.76. The van der Waals surface area contributed by atoms with Crippen molar-refractivity contribution in [1.29, 1.82) is 0 Å². The lowest BCUT2D eigenvalue weighted by Crippen LogP contribution is -2.56. The summed E-state index contributed by atoms with van der Waals surface area (Å²) in [6.45, 7) is 2.64. The van der Waals surface area contributed by atoms with Crippen molar-refractivity contribution >= 4 is 29.2 Å². The number of piperidine rings is 1. The SMILES string of the molecule is C[C@H]1CN(c2c(NC(=O)c3ccc(F)c(-c4c(F)cccc4F)n3)cnc3c2CC[C@H]3O)C[C@@H](N)[C@@H]1O.O=C1CC[C@@H](C(=O)O)N1. The number of nitrogens with one attached hydrogen (secondary N) is 2. The van der Waals surface area contributed by atoms with Crippen LogP contribution in [0.15, 0.2) is 36.5 Å². The highest BCUT2D eigenvalue weighted by molar-refractivity contribution is 6.05. The van der Waals surface area contributed by atoms with Gasteiger partial charge in [0.15, 0.2) is 0 Å². The summed E-state index contributed by atoms with van der Waals surface area (Å²) in [5.41, 5.74) is 6.85. The number of aliphatic hydroxyl groups excluding tert-OH is 2. The molecule has 7 N–H and O–H groups in total. The van der Waals surface area contributed by atoms with Gasteiger partial charge < -0.3 is 36.6 Å². The molecule has 15 heteroatoms. The molecule has 6 rings (SSSR count). The van der Waals surface area contributed by atoms with Crippen LogP contribution in [-0.2, 0) is 16.0 Å². The third-order valence-corrected chi connectivity index (χ3v) is 8.26. The van der Waals surface area contributed by atoms with Crippen molar-refractivity contribution in [2.24, 2.45) is 11.7 Å². The number of nitrogens with two attached hydrogens (primary N) is 1. The Labute approximate surface area is 261 Å². The molecule has 3 aliphatic rings. The third-order valence-electron chi connectivity index (χ3n) is 8.26. The molecule has 0 spiro atoms. The number of fused-ring (bicyclic) bond motifs is 1. The van der Waals surface area contributed by atoms with Crippen molar-refractivity contribution in [3.05, 3.63) is 70.9 Å². The number of aromatic nitrogens is 2. The Morgan fingerprint density at radius 2 is 1.76 bits per heavy atom. The lowest BCUT2D eigenvalue weighted by molar-refractivity contribution is -0.140. The largest absolute Gasteiger partial charge is 0.480 e. The van der Waals surface area contributed by atoms with Gasteiger partial charge in [-0.2, -0.15) is 0 Å². The van der Waals surface area contributed by atoms with Gasteiger partial charge in [0, 0.05) is 37.0 Å². The molecular formula is C31H33F3N6O6. The van der Waals surface area contributed by atoms with Gasteiger partial charge in [0.05, 0.1) is 41.0 Å². The fourth-order valence-electron chi connectivity index (χ4n) is 5.91. The van der Waals surface area contributed by atoms with E-state index < -0.39 is 64.9 Å². The first kappa shape index (κ1) is 32.8. The number of aliphatic hydroxyl groups is 2. The monoisotopic (exact) mass is 642 g/mol. The number of hydrogen-bond donors (Lipinski definition) is 6.